The molecule has 0 aliphatic heterocycles. The fraction of sp³-hybridized carbons (Fsp3) is 0.211. The van der Waals surface area contributed by atoms with E-state index in [1.807, 2.05) is 61.3 Å². The third-order valence-corrected chi connectivity index (χ3v) is 3.60. The zero-order chi connectivity index (χ0) is 17.5. The third kappa shape index (κ3) is 4.44. The number of anilines is 3. The van der Waals surface area contributed by atoms with E-state index in [2.05, 4.69) is 32.6 Å². The van der Waals surface area contributed by atoms with Crippen molar-refractivity contribution in [2.75, 3.05) is 23.9 Å². The molecule has 0 saturated carbocycles. The van der Waals surface area contributed by atoms with Gasteiger partial charge in [-0.05, 0) is 24.6 Å². The Hall–Kier alpha value is -3.15. The summed E-state index contributed by atoms with van der Waals surface area (Å²) < 4.78 is 5.63. The van der Waals surface area contributed by atoms with Crippen LogP contribution in [0.25, 0.3) is 0 Å². The van der Waals surface area contributed by atoms with Crippen molar-refractivity contribution in [1.82, 2.24) is 15.2 Å². The van der Waals surface area contributed by atoms with Gasteiger partial charge in [0.1, 0.15) is 5.75 Å². The molecule has 1 N–H and O–H groups in total. The lowest BCUT2D eigenvalue weighted by Gasteiger charge is -2.17. The quantitative estimate of drug-likeness (QED) is 0.711. The molecule has 0 fully saturated rings. The maximum absolute atomic E-state index is 5.63. The number of hydrogen-bond donors (Lipinski definition) is 1. The van der Waals surface area contributed by atoms with Gasteiger partial charge in [-0.3, -0.25) is 0 Å². The van der Waals surface area contributed by atoms with Gasteiger partial charge in [0, 0.05) is 13.6 Å². The Labute approximate surface area is 147 Å². The Morgan fingerprint density at radius 2 is 1.80 bits per heavy atom. The molecule has 0 aliphatic rings. The number of benzene rings is 2. The predicted molar refractivity (Wildman–Crippen MR) is 99.3 cm³/mol. The molecule has 0 atom stereocenters. The summed E-state index contributed by atoms with van der Waals surface area (Å²) in [6, 6.07) is 17.9. The van der Waals surface area contributed by atoms with Gasteiger partial charge >= 0.3 is 0 Å². The van der Waals surface area contributed by atoms with E-state index in [4.69, 9.17) is 4.74 Å². The summed E-state index contributed by atoms with van der Waals surface area (Å²) in [6.45, 7) is 3.27. The van der Waals surface area contributed by atoms with Crippen LogP contribution in [0.15, 0.2) is 60.8 Å². The zero-order valence-corrected chi connectivity index (χ0v) is 14.4. The topological polar surface area (TPSA) is 63.2 Å². The van der Waals surface area contributed by atoms with Crippen LogP contribution in [0.4, 0.5) is 17.5 Å². The van der Waals surface area contributed by atoms with Crippen molar-refractivity contribution >= 4 is 17.5 Å². The maximum Gasteiger partial charge on any atom is 0.247 e. The van der Waals surface area contributed by atoms with Gasteiger partial charge in [0.2, 0.25) is 5.95 Å². The van der Waals surface area contributed by atoms with Gasteiger partial charge in [-0.1, -0.05) is 42.5 Å². The summed E-state index contributed by atoms with van der Waals surface area (Å²) in [5.41, 5.74) is 2.04. The first-order chi connectivity index (χ1) is 12.3. The lowest BCUT2D eigenvalue weighted by atomic mass is 10.2. The number of ether oxygens (including phenoxy) is 1. The number of para-hydroxylation sites is 2. The average Bonchev–Trinajstić information content (AvgIpc) is 2.65. The molecule has 3 rings (SSSR count). The molecule has 1 aromatic heterocycles. The molecule has 0 radical (unpaired) electrons. The fourth-order valence-electron chi connectivity index (χ4n) is 2.43. The number of nitrogens with zero attached hydrogens (tertiary/aromatic N) is 4. The third-order valence-electron chi connectivity index (χ3n) is 3.60. The summed E-state index contributed by atoms with van der Waals surface area (Å²) in [5.74, 6) is 1.96. The number of hydrogen-bond acceptors (Lipinski definition) is 6. The molecule has 0 bridgehead atoms. The van der Waals surface area contributed by atoms with E-state index < -0.39 is 0 Å². The van der Waals surface area contributed by atoms with Crippen molar-refractivity contribution in [3.05, 3.63) is 66.4 Å². The van der Waals surface area contributed by atoms with E-state index in [0.29, 0.717) is 24.9 Å². The second-order valence-corrected chi connectivity index (χ2v) is 5.54. The molecule has 0 saturated heterocycles. The second kappa shape index (κ2) is 8.10. The van der Waals surface area contributed by atoms with Crippen LogP contribution in [-0.4, -0.2) is 28.8 Å². The molecule has 0 spiro atoms. The van der Waals surface area contributed by atoms with Gasteiger partial charge in [-0.25, -0.2) is 0 Å². The Morgan fingerprint density at radius 3 is 2.60 bits per heavy atom. The molecule has 128 valence electrons. The summed E-state index contributed by atoms with van der Waals surface area (Å²) in [7, 11) is 1.95. The average molecular weight is 335 g/mol. The molecule has 0 amide bonds. The van der Waals surface area contributed by atoms with Crippen molar-refractivity contribution < 1.29 is 4.74 Å². The standard InChI is InChI=1S/C19H21N5O/c1-3-25-17-12-8-7-11-16(17)21-18-13-20-23-19(22-18)24(2)14-15-9-5-4-6-10-15/h4-13H,3,14H2,1-2H3,(H,21,22,23). The van der Waals surface area contributed by atoms with Gasteiger partial charge in [0.05, 0.1) is 18.5 Å². The van der Waals surface area contributed by atoms with Crippen molar-refractivity contribution in [2.24, 2.45) is 0 Å². The second-order valence-electron chi connectivity index (χ2n) is 5.54. The highest BCUT2D eigenvalue weighted by Gasteiger charge is 2.09. The van der Waals surface area contributed by atoms with Crippen LogP contribution in [0.3, 0.4) is 0 Å². The minimum Gasteiger partial charge on any atom is -0.492 e. The minimum absolute atomic E-state index is 0.558. The highest BCUT2D eigenvalue weighted by atomic mass is 16.5. The molecule has 25 heavy (non-hydrogen) atoms. The molecule has 6 heteroatoms. The first-order valence-corrected chi connectivity index (χ1v) is 8.20. The summed E-state index contributed by atoms with van der Waals surface area (Å²) in [6.07, 6.45) is 1.60. The van der Waals surface area contributed by atoms with Crippen LogP contribution in [0.5, 0.6) is 5.75 Å². The first kappa shape index (κ1) is 16.7. The van der Waals surface area contributed by atoms with Gasteiger partial charge in [0.15, 0.2) is 5.82 Å². The molecule has 2 aromatic carbocycles. The molecular formula is C19H21N5O. The van der Waals surface area contributed by atoms with E-state index in [9.17, 15) is 0 Å². The van der Waals surface area contributed by atoms with E-state index in [1.165, 1.54) is 5.56 Å². The van der Waals surface area contributed by atoms with Gasteiger partial charge in [0.25, 0.3) is 0 Å². The predicted octanol–water partition coefficient (Wildman–Crippen LogP) is 3.65. The molecule has 0 unspecified atom stereocenters. The molecule has 6 nitrogen and oxygen atoms in total. The Morgan fingerprint density at radius 1 is 1.04 bits per heavy atom. The molecule has 3 aromatic rings. The lowest BCUT2D eigenvalue weighted by Crippen LogP contribution is -2.20. The van der Waals surface area contributed by atoms with E-state index in [1.54, 1.807) is 6.20 Å². The Bertz CT molecular complexity index is 810. The smallest absolute Gasteiger partial charge is 0.247 e. The maximum atomic E-state index is 5.63. The summed E-state index contributed by atoms with van der Waals surface area (Å²) in [5, 5.41) is 11.4. The monoisotopic (exact) mass is 335 g/mol. The van der Waals surface area contributed by atoms with Crippen LogP contribution in [-0.2, 0) is 6.54 Å². The van der Waals surface area contributed by atoms with Gasteiger partial charge < -0.3 is 15.0 Å². The normalized spacial score (nSPS) is 10.3. The Kier molecular flexibility index (Phi) is 5.41. The summed E-state index contributed by atoms with van der Waals surface area (Å²) >= 11 is 0. The van der Waals surface area contributed by atoms with Crippen LogP contribution in [0.2, 0.25) is 0 Å². The highest BCUT2D eigenvalue weighted by molar-refractivity contribution is 5.64. The largest absolute Gasteiger partial charge is 0.492 e. The lowest BCUT2D eigenvalue weighted by molar-refractivity contribution is 0.342. The summed E-state index contributed by atoms with van der Waals surface area (Å²) in [4.78, 5) is 6.51. The van der Waals surface area contributed by atoms with Crippen LogP contribution < -0.4 is 15.0 Å². The molecular weight excluding hydrogens is 314 g/mol. The van der Waals surface area contributed by atoms with Crippen LogP contribution >= 0.6 is 0 Å². The zero-order valence-electron chi connectivity index (χ0n) is 14.4. The van der Waals surface area contributed by atoms with E-state index in [0.717, 1.165) is 11.4 Å². The van der Waals surface area contributed by atoms with Crippen molar-refractivity contribution in [1.29, 1.82) is 0 Å². The van der Waals surface area contributed by atoms with Crippen molar-refractivity contribution in [3.63, 3.8) is 0 Å². The Balaban J connectivity index is 1.75. The number of nitrogens with one attached hydrogen (secondary N) is 1. The molecule has 1 heterocycles. The van der Waals surface area contributed by atoms with Crippen LogP contribution in [0, 0.1) is 0 Å². The number of rotatable bonds is 7. The molecule has 0 aliphatic carbocycles. The van der Waals surface area contributed by atoms with Crippen LogP contribution in [0.1, 0.15) is 12.5 Å². The van der Waals surface area contributed by atoms with Gasteiger partial charge in [-0.15, -0.1) is 5.10 Å². The van der Waals surface area contributed by atoms with Crippen molar-refractivity contribution in [3.8, 4) is 5.75 Å². The fourth-order valence-corrected chi connectivity index (χ4v) is 2.43. The van der Waals surface area contributed by atoms with E-state index in [-0.39, 0.29) is 0 Å². The SMILES string of the molecule is CCOc1ccccc1Nc1cnnc(N(C)Cc2ccccc2)n1. The minimum atomic E-state index is 0.558. The van der Waals surface area contributed by atoms with E-state index >= 15 is 0 Å². The highest BCUT2D eigenvalue weighted by Crippen LogP contribution is 2.26. The first-order valence-electron chi connectivity index (χ1n) is 8.20. The number of aromatic nitrogens is 3. The van der Waals surface area contributed by atoms with Gasteiger partial charge in [-0.2, -0.15) is 10.1 Å². The van der Waals surface area contributed by atoms with Crippen molar-refractivity contribution in [2.45, 2.75) is 13.5 Å².